The van der Waals surface area contributed by atoms with Crippen molar-refractivity contribution in [3.63, 3.8) is 0 Å². The molecule has 0 radical (unpaired) electrons. The van der Waals surface area contributed by atoms with E-state index in [1.807, 2.05) is 0 Å². The minimum Gasteiger partial charge on any atom is -0.480 e. The van der Waals surface area contributed by atoms with Crippen molar-refractivity contribution in [1.82, 2.24) is 0 Å². The minimum atomic E-state index is -3.29. The molecule has 0 saturated heterocycles. The lowest BCUT2D eigenvalue weighted by Crippen LogP contribution is -2.33. The third-order valence-electron chi connectivity index (χ3n) is 2.56. The molecule has 0 aliphatic heterocycles. The summed E-state index contributed by atoms with van der Waals surface area (Å²) in [5.41, 5.74) is 0. The summed E-state index contributed by atoms with van der Waals surface area (Å²) in [5, 5.41) is 8.39. The van der Waals surface area contributed by atoms with Crippen molar-refractivity contribution in [2.24, 2.45) is 0 Å². The molecule has 1 unspecified atom stereocenters. The van der Waals surface area contributed by atoms with E-state index in [2.05, 4.69) is 0 Å². The molecule has 0 bridgehead atoms. The van der Waals surface area contributed by atoms with E-state index in [4.69, 9.17) is 9.84 Å². The highest BCUT2D eigenvalue weighted by Crippen LogP contribution is 2.29. The average molecular weight is 236 g/mol. The molecule has 1 rings (SSSR count). The maximum Gasteiger partial charge on any atom is 0.329 e. The van der Waals surface area contributed by atoms with Gasteiger partial charge in [0.05, 0.1) is 6.10 Å². The van der Waals surface area contributed by atoms with Gasteiger partial charge >= 0.3 is 11.9 Å². The third-order valence-corrected chi connectivity index (χ3v) is 2.56. The molecule has 0 aromatic heterocycles. The van der Waals surface area contributed by atoms with Gasteiger partial charge in [-0.3, -0.25) is 4.79 Å². The van der Waals surface area contributed by atoms with Crippen LogP contribution >= 0.6 is 0 Å². The molecule has 1 aliphatic carbocycles. The molecule has 16 heavy (non-hydrogen) atoms. The molecule has 0 heterocycles. The number of carbonyl (C=O) groups excluding carboxylic acids is 1. The first-order chi connectivity index (χ1) is 7.42. The second kappa shape index (κ2) is 5.34. The number of aliphatic carboxylic acids is 1. The summed E-state index contributed by atoms with van der Waals surface area (Å²) in [4.78, 5) is 21.2. The van der Waals surface area contributed by atoms with Crippen LogP contribution in [0.1, 0.15) is 32.1 Å². The van der Waals surface area contributed by atoms with Gasteiger partial charge in [0.25, 0.3) is 0 Å². The number of rotatable bonds is 3. The summed E-state index contributed by atoms with van der Waals surface area (Å²) < 4.78 is 31.1. The fourth-order valence-corrected chi connectivity index (χ4v) is 1.65. The number of carboxylic acids is 1. The highest BCUT2D eigenvalue weighted by Gasteiger charge is 2.39. The summed E-state index contributed by atoms with van der Waals surface area (Å²) in [6.45, 7) is -0.482. The highest BCUT2D eigenvalue weighted by atomic mass is 19.3. The predicted molar refractivity (Wildman–Crippen MR) is 50.4 cm³/mol. The number of alkyl halides is 2. The lowest BCUT2D eigenvalue weighted by Gasteiger charge is -2.23. The van der Waals surface area contributed by atoms with E-state index in [-0.39, 0.29) is 12.8 Å². The SMILES string of the molecule is O=C(O)COC1CCCC(=O)C(F)(F)CC1. The fourth-order valence-electron chi connectivity index (χ4n) is 1.65. The average Bonchev–Trinajstić information content (AvgIpc) is 2.19. The number of hydrogen-bond acceptors (Lipinski definition) is 3. The van der Waals surface area contributed by atoms with Crippen LogP contribution in [0.4, 0.5) is 8.78 Å². The molecule has 1 aliphatic rings. The zero-order valence-electron chi connectivity index (χ0n) is 8.75. The van der Waals surface area contributed by atoms with E-state index in [1.165, 1.54) is 0 Å². The molecule has 4 nitrogen and oxygen atoms in total. The first kappa shape index (κ1) is 13.0. The van der Waals surface area contributed by atoms with Crippen molar-refractivity contribution in [1.29, 1.82) is 0 Å². The fraction of sp³-hybridized carbons (Fsp3) is 0.800. The van der Waals surface area contributed by atoms with Crippen molar-refractivity contribution < 1.29 is 28.2 Å². The van der Waals surface area contributed by atoms with Crippen molar-refractivity contribution in [3.8, 4) is 0 Å². The van der Waals surface area contributed by atoms with Gasteiger partial charge in [-0.1, -0.05) is 0 Å². The van der Waals surface area contributed by atoms with Gasteiger partial charge in [-0.25, -0.2) is 4.79 Å². The lowest BCUT2D eigenvalue weighted by molar-refractivity contribution is -0.150. The number of carboxylic acid groups (broad SMARTS) is 1. The molecule has 1 N–H and O–H groups in total. The Hall–Kier alpha value is -1.04. The Morgan fingerprint density at radius 1 is 1.50 bits per heavy atom. The monoisotopic (exact) mass is 236 g/mol. The van der Waals surface area contributed by atoms with Gasteiger partial charge in [-0.05, 0) is 19.3 Å². The van der Waals surface area contributed by atoms with Crippen molar-refractivity contribution in [2.45, 2.75) is 44.1 Å². The Morgan fingerprint density at radius 2 is 2.19 bits per heavy atom. The van der Waals surface area contributed by atoms with E-state index < -0.39 is 36.8 Å². The number of ketones is 1. The van der Waals surface area contributed by atoms with Crippen LogP contribution in [0.25, 0.3) is 0 Å². The van der Waals surface area contributed by atoms with Gasteiger partial charge < -0.3 is 9.84 Å². The van der Waals surface area contributed by atoms with Crippen molar-refractivity contribution in [3.05, 3.63) is 0 Å². The largest absolute Gasteiger partial charge is 0.480 e. The first-order valence-electron chi connectivity index (χ1n) is 5.16. The smallest absolute Gasteiger partial charge is 0.329 e. The van der Waals surface area contributed by atoms with Gasteiger partial charge in [-0.15, -0.1) is 0 Å². The molecule has 1 atom stereocenters. The van der Waals surface area contributed by atoms with Crippen molar-refractivity contribution >= 4 is 11.8 Å². The number of Topliss-reactive ketones (excluding diaryl/α,β-unsaturated/α-hetero) is 1. The molecule has 1 fully saturated rings. The summed E-state index contributed by atoms with van der Waals surface area (Å²) in [6.07, 6.45) is -0.425. The Bertz CT molecular complexity index is 278. The van der Waals surface area contributed by atoms with Crippen LogP contribution in [0.3, 0.4) is 0 Å². The molecule has 0 spiro atoms. The topological polar surface area (TPSA) is 63.6 Å². The second-order valence-corrected chi connectivity index (χ2v) is 3.89. The zero-order chi connectivity index (χ0) is 12.2. The maximum atomic E-state index is 13.1. The normalized spacial score (nSPS) is 25.9. The Balaban J connectivity index is 2.46. The highest BCUT2D eigenvalue weighted by molar-refractivity contribution is 5.85. The molecule has 6 heteroatoms. The molecular formula is C10H14F2O4. The molecule has 0 amide bonds. The van der Waals surface area contributed by atoms with Gasteiger partial charge in [0.1, 0.15) is 6.61 Å². The number of ether oxygens (including phenoxy) is 1. The first-order valence-corrected chi connectivity index (χ1v) is 5.16. The Labute approximate surface area is 91.6 Å². The number of carbonyl (C=O) groups is 2. The Kier molecular flexibility index (Phi) is 4.35. The number of halogens is 2. The molecule has 0 aromatic rings. The lowest BCUT2D eigenvalue weighted by atomic mass is 9.95. The van der Waals surface area contributed by atoms with E-state index in [0.717, 1.165) is 0 Å². The van der Waals surface area contributed by atoms with Crippen LogP contribution in [-0.2, 0) is 14.3 Å². The van der Waals surface area contributed by atoms with Gasteiger partial charge in [0.2, 0.25) is 5.78 Å². The molecule has 0 aromatic carbocycles. The van der Waals surface area contributed by atoms with Crippen LogP contribution in [0.5, 0.6) is 0 Å². The predicted octanol–water partition coefficient (Wildman–Crippen LogP) is 1.62. The number of hydrogen-bond donors (Lipinski definition) is 1. The van der Waals surface area contributed by atoms with Crippen LogP contribution in [-0.4, -0.2) is 35.5 Å². The van der Waals surface area contributed by atoms with Crippen LogP contribution in [0.2, 0.25) is 0 Å². The van der Waals surface area contributed by atoms with E-state index in [9.17, 15) is 18.4 Å². The Morgan fingerprint density at radius 3 is 2.81 bits per heavy atom. The molecule has 92 valence electrons. The summed E-state index contributed by atoms with van der Waals surface area (Å²) in [7, 11) is 0. The van der Waals surface area contributed by atoms with Gasteiger partial charge in [0, 0.05) is 12.8 Å². The zero-order valence-corrected chi connectivity index (χ0v) is 8.75. The second-order valence-electron chi connectivity index (χ2n) is 3.89. The quantitative estimate of drug-likeness (QED) is 0.808. The minimum absolute atomic E-state index is 0.0199. The maximum absolute atomic E-state index is 13.1. The van der Waals surface area contributed by atoms with E-state index in [1.54, 1.807) is 0 Å². The van der Waals surface area contributed by atoms with Gasteiger partial charge in [0.15, 0.2) is 0 Å². The van der Waals surface area contributed by atoms with E-state index in [0.29, 0.717) is 12.8 Å². The standard InChI is InChI=1S/C10H14F2O4/c11-10(12)5-4-7(16-6-9(14)15)2-1-3-8(10)13/h7H,1-6H2,(H,14,15). The summed E-state index contributed by atoms with van der Waals surface area (Å²) >= 11 is 0. The molecular weight excluding hydrogens is 222 g/mol. The van der Waals surface area contributed by atoms with Gasteiger partial charge in [-0.2, -0.15) is 8.78 Å². The summed E-state index contributed by atoms with van der Waals surface area (Å²) in [6, 6.07) is 0. The van der Waals surface area contributed by atoms with Crippen molar-refractivity contribution in [2.75, 3.05) is 6.61 Å². The van der Waals surface area contributed by atoms with E-state index >= 15 is 0 Å². The third kappa shape index (κ3) is 3.84. The summed E-state index contributed by atoms with van der Waals surface area (Å²) in [5.74, 6) is -5.43. The van der Waals surface area contributed by atoms with Crippen LogP contribution in [0.15, 0.2) is 0 Å². The molecule has 1 saturated carbocycles. The van der Waals surface area contributed by atoms with Crippen LogP contribution in [0, 0.1) is 0 Å². The van der Waals surface area contributed by atoms with Crippen LogP contribution < -0.4 is 0 Å².